The number of rotatable bonds is 5. The third-order valence-electron chi connectivity index (χ3n) is 3.73. The van der Waals surface area contributed by atoms with Crippen LogP contribution in [0.4, 0.5) is 18.9 Å². The van der Waals surface area contributed by atoms with Gasteiger partial charge in [-0.3, -0.25) is 14.6 Å². The van der Waals surface area contributed by atoms with Gasteiger partial charge in [0.05, 0.1) is 5.56 Å². The highest BCUT2D eigenvalue weighted by Crippen LogP contribution is 2.27. The summed E-state index contributed by atoms with van der Waals surface area (Å²) in [6, 6.07) is 8.17. The molecule has 1 N–H and O–H groups in total. The highest BCUT2D eigenvalue weighted by Gasteiger charge is 2.32. The predicted octanol–water partition coefficient (Wildman–Crippen LogP) is 3.83. The molecule has 0 spiro atoms. The smallest absolute Gasteiger partial charge is 0.339 e. The third-order valence-corrected chi connectivity index (χ3v) is 3.73. The van der Waals surface area contributed by atoms with Gasteiger partial charge in [-0.15, -0.1) is 0 Å². The number of aromatic nitrogens is 1. The Bertz CT molecular complexity index is 785. The van der Waals surface area contributed by atoms with Crippen LogP contribution in [0.15, 0.2) is 42.6 Å². The molecule has 1 aromatic heterocycles. The lowest BCUT2D eigenvalue weighted by molar-refractivity contribution is -0.141. The van der Waals surface area contributed by atoms with Gasteiger partial charge in [0.25, 0.3) is 11.8 Å². The number of alkyl halides is 3. The summed E-state index contributed by atoms with van der Waals surface area (Å²) >= 11 is 0. The van der Waals surface area contributed by atoms with Crippen LogP contribution in [0, 0.1) is 0 Å². The second kappa shape index (κ2) is 7.99. The third kappa shape index (κ3) is 4.59. The first kappa shape index (κ1) is 19.4. The number of carbonyl (C=O) groups is 2. The fraction of sp³-hybridized carbons (Fsp3) is 0.278. The van der Waals surface area contributed by atoms with Crippen molar-refractivity contribution >= 4 is 17.5 Å². The SMILES string of the molecule is CCN(CC)C(=O)c1cccc(NC(=O)c2ccc(C(F)(F)F)nc2)c1. The van der Waals surface area contributed by atoms with Gasteiger partial charge in [0.15, 0.2) is 0 Å². The topological polar surface area (TPSA) is 62.3 Å². The fourth-order valence-corrected chi connectivity index (χ4v) is 2.32. The minimum absolute atomic E-state index is 0.0153. The second-order valence-electron chi connectivity index (χ2n) is 5.44. The van der Waals surface area contributed by atoms with Gasteiger partial charge in [0.1, 0.15) is 5.69 Å². The zero-order valence-corrected chi connectivity index (χ0v) is 14.3. The first-order valence-corrected chi connectivity index (χ1v) is 8.00. The van der Waals surface area contributed by atoms with E-state index in [1.165, 1.54) is 6.07 Å². The Kier molecular flexibility index (Phi) is 5.97. The Morgan fingerprint density at radius 1 is 1.08 bits per heavy atom. The maximum absolute atomic E-state index is 12.5. The summed E-state index contributed by atoms with van der Waals surface area (Å²) in [5.41, 5.74) is -0.302. The van der Waals surface area contributed by atoms with Crippen molar-refractivity contribution in [3.8, 4) is 0 Å². The van der Waals surface area contributed by atoms with E-state index >= 15 is 0 Å². The number of benzene rings is 1. The van der Waals surface area contributed by atoms with Crippen LogP contribution in [-0.2, 0) is 6.18 Å². The second-order valence-corrected chi connectivity index (χ2v) is 5.44. The van der Waals surface area contributed by atoms with Gasteiger partial charge in [-0.05, 0) is 44.2 Å². The van der Waals surface area contributed by atoms with Gasteiger partial charge < -0.3 is 10.2 Å². The highest BCUT2D eigenvalue weighted by molar-refractivity contribution is 6.05. The number of nitrogens with one attached hydrogen (secondary N) is 1. The number of halogens is 3. The van der Waals surface area contributed by atoms with Gasteiger partial charge in [0, 0.05) is 30.5 Å². The van der Waals surface area contributed by atoms with Crippen molar-refractivity contribution in [2.45, 2.75) is 20.0 Å². The molecule has 0 fully saturated rings. The molecule has 2 rings (SSSR count). The van der Waals surface area contributed by atoms with Gasteiger partial charge in [0.2, 0.25) is 0 Å². The molecule has 138 valence electrons. The lowest BCUT2D eigenvalue weighted by atomic mass is 10.1. The summed E-state index contributed by atoms with van der Waals surface area (Å²) in [7, 11) is 0. The number of carbonyl (C=O) groups excluding carboxylic acids is 2. The van der Waals surface area contributed by atoms with Crippen LogP contribution in [0.2, 0.25) is 0 Å². The summed E-state index contributed by atoms with van der Waals surface area (Å²) in [6.45, 7) is 4.85. The van der Waals surface area contributed by atoms with E-state index in [1.807, 2.05) is 13.8 Å². The number of amides is 2. The molecule has 0 atom stereocenters. The molecule has 0 saturated carbocycles. The molecule has 2 amide bonds. The first-order valence-electron chi connectivity index (χ1n) is 8.00. The first-order chi connectivity index (χ1) is 12.3. The van der Waals surface area contributed by atoms with Crippen LogP contribution in [0.1, 0.15) is 40.3 Å². The maximum atomic E-state index is 12.5. The van der Waals surface area contributed by atoms with Gasteiger partial charge in [-0.2, -0.15) is 13.2 Å². The molecule has 2 aromatic rings. The molecular weight excluding hydrogens is 347 g/mol. The van der Waals surface area contributed by atoms with E-state index in [1.54, 1.807) is 23.1 Å². The minimum Gasteiger partial charge on any atom is -0.339 e. The molecule has 0 aliphatic rings. The van der Waals surface area contributed by atoms with Crippen LogP contribution in [0.25, 0.3) is 0 Å². The molecule has 26 heavy (non-hydrogen) atoms. The molecule has 0 aliphatic carbocycles. The lowest BCUT2D eigenvalue weighted by Gasteiger charge is -2.19. The fourth-order valence-electron chi connectivity index (χ4n) is 2.32. The van der Waals surface area contributed by atoms with Crippen molar-refractivity contribution in [2.24, 2.45) is 0 Å². The molecule has 0 aliphatic heterocycles. The van der Waals surface area contributed by atoms with Gasteiger partial charge in [-0.1, -0.05) is 6.07 Å². The molecule has 1 aromatic carbocycles. The Hall–Kier alpha value is -2.90. The van der Waals surface area contributed by atoms with Crippen LogP contribution in [0.5, 0.6) is 0 Å². The monoisotopic (exact) mass is 365 g/mol. The molecule has 8 heteroatoms. The molecule has 0 unspecified atom stereocenters. The largest absolute Gasteiger partial charge is 0.433 e. The van der Waals surface area contributed by atoms with E-state index in [-0.39, 0.29) is 11.5 Å². The van der Waals surface area contributed by atoms with E-state index in [4.69, 9.17) is 0 Å². The van der Waals surface area contributed by atoms with Crippen molar-refractivity contribution in [1.29, 1.82) is 0 Å². The van der Waals surface area contributed by atoms with Gasteiger partial charge >= 0.3 is 6.18 Å². The number of hydrogen-bond acceptors (Lipinski definition) is 3. The van der Waals surface area contributed by atoms with E-state index in [0.29, 0.717) is 24.3 Å². The molecule has 1 heterocycles. The summed E-state index contributed by atoms with van der Waals surface area (Å²) in [5.74, 6) is -0.777. The van der Waals surface area contributed by atoms with E-state index in [0.717, 1.165) is 18.3 Å². The van der Waals surface area contributed by atoms with Crippen LogP contribution >= 0.6 is 0 Å². The predicted molar refractivity (Wildman–Crippen MR) is 90.9 cm³/mol. The van der Waals surface area contributed by atoms with Gasteiger partial charge in [-0.25, -0.2) is 0 Å². The summed E-state index contributed by atoms with van der Waals surface area (Å²) in [6.07, 6.45) is -3.70. The van der Waals surface area contributed by atoms with E-state index in [9.17, 15) is 22.8 Å². The Morgan fingerprint density at radius 3 is 2.31 bits per heavy atom. The Labute approximate surface area is 148 Å². The zero-order chi connectivity index (χ0) is 19.3. The molecule has 0 bridgehead atoms. The maximum Gasteiger partial charge on any atom is 0.433 e. The summed E-state index contributed by atoms with van der Waals surface area (Å²) in [4.78, 5) is 29.4. The van der Waals surface area contributed by atoms with Crippen molar-refractivity contribution in [3.63, 3.8) is 0 Å². The van der Waals surface area contributed by atoms with Crippen molar-refractivity contribution < 1.29 is 22.8 Å². The van der Waals surface area contributed by atoms with Crippen LogP contribution in [0.3, 0.4) is 0 Å². The molecule has 0 saturated heterocycles. The zero-order valence-electron chi connectivity index (χ0n) is 14.3. The van der Waals surface area contributed by atoms with Crippen molar-refractivity contribution in [3.05, 3.63) is 59.4 Å². The molecule has 5 nitrogen and oxygen atoms in total. The highest BCUT2D eigenvalue weighted by atomic mass is 19.4. The van der Waals surface area contributed by atoms with Crippen LogP contribution in [-0.4, -0.2) is 34.8 Å². The minimum atomic E-state index is -4.56. The number of anilines is 1. The number of hydrogen-bond donors (Lipinski definition) is 1. The standard InChI is InChI=1S/C18H18F3N3O2/c1-3-24(4-2)17(26)12-6-5-7-14(10-12)23-16(25)13-8-9-15(22-11-13)18(19,20)21/h5-11H,3-4H2,1-2H3,(H,23,25). The van der Waals surface area contributed by atoms with Crippen molar-refractivity contribution in [2.75, 3.05) is 18.4 Å². The van der Waals surface area contributed by atoms with E-state index < -0.39 is 17.8 Å². The molecular formula is C18H18F3N3O2. The summed E-state index contributed by atoms with van der Waals surface area (Å²) in [5, 5.41) is 2.56. The Balaban J connectivity index is 2.14. The number of pyridine rings is 1. The van der Waals surface area contributed by atoms with E-state index in [2.05, 4.69) is 10.3 Å². The summed E-state index contributed by atoms with van der Waals surface area (Å²) < 4.78 is 37.5. The lowest BCUT2D eigenvalue weighted by Crippen LogP contribution is -2.30. The normalized spacial score (nSPS) is 11.1. The van der Waals surface area contributed by atoms with Crippen molar-refractivity contribution in [1.82, 2.24) is 9.88 Å². The average molecular weight is 365 g/mol. The molecule has 0 radical (unpaired) electrons. The quantitative estimate of drug-likeness (QED) is 0.876. The number of nitrogens with zero attached hydrogens (tertiary/aromatic N) is 2. The Morgan fingerprint density at radius 2 is 1.77 bits per heavy atom. The average Bonchev–Trinajstić information content (AvgIpc) is 2.62. The van der Waals surface area contributed by atoms with Crippen LogP contribution < -0.4 is 5.32 Å².